The Bertz CT molecular complexity index is 716. The van der Waals surface area contributed by atoms with Gasteiger partial charge in [-0.3, -0.25) is 20.2 Å². The number of hydrogen-bond acceptors (Lipinski definition) is 7. The lowest BCUT2D eigenvalue weighted by molar-refractivity contribution is -0.385. The minimum atomic E-state index is -3.74. The van der Waals surface area contributed by atoms with Gasteiger partial charge in [-0.1, -0.05) is 0 Å². The fourth-order valence-corrected chi connectivity index (χ4v) is 3.32. The van der Waals surface area contributed by atoms with Crippen molar-refractivity contribution in [3.63, 3.8) is 0 Å². The summed E-state index contributed by atoms with van der Waals surface area (Å²) in [6.45, 7) is 0. The Morgan fingerprint density at radius 2 is 1.09 bits per heavy atom. The van der Waals surface area contributed by atoms with E-state index < -0.39 is 16.1 Å². The molecule has 120 valence electrons. The molecule has 0 spiro atoms. The summed E-state index contributed by atoms with van der Waals surface area (Å²) in [5.41, 5.74) is -0.281. The molecule has 0 aliphatic heterocycles. The third-order valence-corrected chi connectivity index (χ3v) is 4.25. The first-order valence-electron chi connectivity index (χ1n) is 5.95. The molecule has 0 saturated heterocycles. The highest BCUT2D eigenvalue weighted by Gasteiger charge is 2.24. The number of benzene rings is 2. The first-order valence-corrected chi connectivity index (χ1v) is 9.51. The van der Waals surface area contributed by atoms with Crippen molar-refractivity contribution in [1.29, 1.82) is 0 Å². The monoisotopic (exact) mass is 402 g/mol. The van der Waals surface area contributed by atoms with E-state index in [2.05, 4.69) is 15.5 Å². The molecule has 0 aromatic heterocycles. The van der Waals surface area contributed by atoms with Crippen LogP contribution in [0.1, 0.15) is 0 Å². The van der Waals surface area contributed by atoms with Gasteiger partial charge in [-0.15, -0.1) is 0 Å². The van der Waals surface area contributed by atoms with Crippen LogP contribution in [0.4, 0.5) is 11.4 Å². The second-order valence-corrected chi connectivity index (χ2v) is 7.95. The maximum Gasteiger partial charge on any atom is 0.498 e. The number of nitrogens with zero attached hydrogens (tertiary/aromatic N) is 2. The van der Waals surface area contributed by atoms with E-state index in [-0.39, 0.29) is 22.9 Å². The number of halogens is 1. The van der Waals surface area contributed by atoms with Crippen LogP contribution in [-0.2, 0) is 4.57 Å². The van der Waals surface area contributed by atoms with E-state index in [0.717, 1.165) is 0 Å². The van der Waals surface area contributed by atoms with Gasteiger partial charge in [-0.25, -0.2) is 4.57 Å². The summed E-state index contributed by atoms with van der Waals surface area (Å²) < 4.78 is 22.4. The average molecular weight is 403 g/mol. The zero-order chi connectivity index (χ0) is 17.0. The summed E-state index contributed by atoms with van der Waals surface area (Å²) in [6, 6.07) is 9.83. The molecule has 0 saturated carbocycles. The standard InChI is InChI=1S/C12H8BrN2O7P/c13-23(20,21-11-5-1-9(2-6-11)14(16)17)22-12-7-3-10(4-8-12)15(18)19/h1-8H. The lowest BCUT2D eigenvalue weighted by Crippen LogP contribution is -1.96. The minimum absolute atomic E-state index is 0.0951. The molecule has 0 N–H and O–H groups in total. The molecule has 0 aliphatic carbocycles. The number of non-ortho nitro benzene ring substituents is 2. The Kier molecular flexibility index (Phi) is 4.97. The van der Waals surface area contributed by atoms with Crippen LogP contribution in [0, 0.1) is 20.2 Å². The van der Waals surface area contributed by atoms with E-state index in [4.69, 9.17) is 9.05 Å². The van der Waals surface area contributed by atoms with Crippen molar-refractivity contribution in [1.82, 2.24) is 0 Å². The molecule has 0 radical (unpaired) electrons. The van der Waals surface area contributed by atoms with E-state index in [1.165, 1.54) is 48.5 Å². The topological polar surface area (TPSA) is 122 Å². The fourth-order valence-electron chi connectivity index (χ4n) is 1.53. The van der Waals surface area contributed by atoms with Crippen molar-refractivity contribution in [2.45, 2.75) is 0 Å². The van der Waals surface area contributed by atoms with Crippen molar-refractivity contribution in [3.8, 4) is 11.5 Å². The molecule has 0 amide bonds. The van der Waals surface area contributed by atoms with Crippen LogP contribution in [-0.4, -0.2) is 9.85 Å². The number of hydrogen-bond donors (Lipinski definition) is 0. The third-order valence-electron chi connectivity index (χ3n) is 2.52. The second kappa shape index (κ2) is 6.76. The molecule has 0 fully saturated rings. The van der Waals surface area contributed by atoms with Crippen molar-refractivity contribution in [2.75, 3.05) is 0 Å². The summed E-state index contributed by atoms with van der Waals surface area (Å²) in [5, 5.41) is 21.1. The van der Waals surface area contributed by atoms with Crippen molar-refractivity contribution < 1.29 is 23.5 Å². The van der Waals surface area contributed by atoms with Crippen LogP contribution in [0.2, 0.25) is 0 Å². The minimum Gasteiger partial charge on any atom is -0.408 e. The van der Waals surface area contributed by atoms with Crippen LogP contribution in [0.15, 0.2) is 48.5 Å². The van der Waals surface area contributed by atoms with Crippen LogP contribution in [0.3, 0.4) is 0 Å². The van der Waals surface area contributed by atoms with Crippen LogP contribution >= 0.6 is 21.8 Å². The molecule has 0 aliphatic rings. The fraction of sp³-hybridized carbons (Fsp3) is 0. The van der Waals surface area contributed by atoms with Crippen molar-refractivity contribution in [2.24, 2.45) is 0 Å². The van der Waals surface area contributed by atoms with E-state index in [1.54, 1.807) is 0 Å². The highest BCUT2D eigenvalue weighted by atomic mass is 79.9. The molecule has 0 bridgehead atoms. The summed E-state index contributed by atoms with van der Waals surface area (Å²) in [4.78, 5) is 19.9. The smallest absolute Gasteiger partial charge is 0.408 e. The van der Waals surface area contributed by atoms with Gasteiger partial charge in [0.15, 0.2) is 0 Å². The molecule has 11 heteroatoms. The number of nitro benzene ring substituents is 2. The first kappa shape index (κ1) is 16.9. The van der Waals surface area contributed by atoms with Gasteiger partial charge >= 0.3 is 6.30 Å². The van der Waals surface area contributed by atoms with Gasteiger partial charge in [0.25, 0.3) is 11.4 Å². The highest BCUT2D eigenvalue weighted by molar-refractivity contribution is 9.39. The lowest BCUT2D eigenvalue weighted by Gasteiger charge is -2.14. The maximum absolute atomic E-state index is 12.2. The van der Waals surface area contributed by atoms with Gasteiger partial charge in [0.05, 0.1) is 25.3 Å². The van der Waals surface area contributed by atoms with E-state index in [1.807, 2.05) is 0 Å². The van der Waals surface area contributed by atoms with E-state index >= 15 is 0 Å². The van der Waals surface area contributed by atoms with Gasteiger partial charge in [0, 0.05) is 24.3 Å². The molecular formula is C12H8BrN2O7P. The van der Waals surface area contributed by atoms with Crippen LogP contribution in [0.5, 0.6) is 11.5 Å². The van der Waals surface area contributed by atoms with Gasteiger partial charge in [0.2, 0.25) is 0 Å². The summed E-state index contributed by atoms with van der Waals surface area (Å²) >= 11 is 2.79. The Hall–Kier alpha value is -2.45. The van der Waals surface area contributed by atoms with Crippen LogP contribution < -0.4 is 9.05 Å². The summed E-state index contributed by atoms with van der Waals surface area (Å²) in [7, 11) is 0. The van der Waals surface area contributed by atoms with Gasteiger partial charge < -0.3 is 9.05 Å². The highest BCUT2D eigenvalue weighted by Crippen LogP contribution is 2.55. The van der Waals surface area contributed by atoms with E-state index in [0.29, 0.717) is 0 Å². The van der Waals surface area contributed by atoms with E-state index in [9.17, 15) is 24.8 Å². The normalized spacial score (nSPS) is 10.8. The molecule has 2 aromatic rings. The van der Waals surface area contributed by atoms with Gasteiger partial charge in [0.1, 0.15) is 11.5 Å². The van der Waals surface area contributed by atoms with Gasteiger partial charge in [-0.2, -0.15) is 0 Å². The molecule has 23 heavy (non-hydrogen) atoms. The summed E-state index contributed by atoms with van der Waals surface area (Å²) in [6.07, 6.45) is -3.74. The molecule has 0 heterocycles. The number of nitro groups is 2. The lowest BCUT2D eigenvalue weighted by atomic mass is 10.3. The Morgan fingerprint density at radius 3 is 1.35 bits per heavy atom. The molecule has 9 nitrogen and oxygen atoms in total. The SMILES string of the molecule is O=[N+]([O-])c1ccc(OP(=O)(Br)Oc2ccc([N+](=O)[O-])cc2)cc1. The van der Waals surface area contributed by atoms with Gasteiger partial charge in [-0.05, 0) is 24.3 Å². The zero-order valence-corrected chi connectivity index (χ0v) is 13.7. The number of rotatable bonds is 6. The summed E-state index contributed by atoms with van der Waals surface area (Å²) in [5.74, 6) is 0.190. The van der Waals surface area contributed by atoms with Crippen molar-refractivity contribution >= 4 is 33.2 Å². The molecule has 2 aromatic carbocycles. The van der Waals surface area contributed by atoms with Crippen LogP contribution in [0.25, 0.3) is 0 Å². The Labute approximate surface area is 137 Å². The predicted octanol–water partition coefficient (Wildman–Crippen LogP) is 4.46. The Balaban J connectivity index is 2.07. The largest absolute Gasteiger partial charge is 0.498 e. The first-order chi connectivity index (χ1) is 10.8. The van der Waals surface area contributed by atoms with Crippen molar-refractivity contribution in [3.05, 3.63) is 68.8 Å². The molecule has 2 rings (SSSR count). The third kappa shape index (κ3) is 4.76. The zero-order valence-electron chi connectivity index (χ0n) is 11.2. The maximum atomic E-state index is 12.2. The predicted molar refractivity (Wildman–Crippen MR) is 84.0 cm³/mol. The molecular weight excluding hydrogens is 395 g/mol. The quantitative estimate of drug-likeness (QED) is 0.396. The molecule has 0 atom stereocenters. The second-order valence-electron chi connectivity index (χ2n) is 4.12. The average Bonchev–Trinajstić information content (AvgIpc) is 2.47. The Morgan fingerprint density at radius 1 is 0.783 bits per heavy atom. The molecule has 0 unspecified atom stereocenters.